The largest absolute Gasteiger partial charge is 0.484 e. The van der Waals surface area contributed by atoms with Crippen LogP contribution < -0.4 is 4.74 Å². The molecule has 2 aromatic rings. The van der Waals surface area contributed by atoms with Crippen LogP contribution in [0.5, 0.6) is 5.75 Å². The van der Waals surface area contributed by atoms with Crippen molar-refractivity contribution in [2.45, 2.75) is 31.7 Å². The van der Waals surface area contributed by atoms with Crippen molar-refractivity contribution in [3.8, 4) is 5.75 Å². The molecule has 1 aromatic heterocycles. The van der Waals surface area contributed by atoms with E-state index >= 15 is 0 Å². The highest BCUT2D eigenvalue weighted by molar-refractivity contribution is 6.42. The predicted octanol–water partition coefficient (Wildman–Crippen LogP) is 4.91. The molecule has 1 aromatic carbocycles. The van der Waals surface area contributed by atoms with Crippen molar-refractivity contribution < 1.29 is 9.53 Å². The molecule has 0 bridgehead atoms. The summed E-state index contributed by atoms with van der Waals surface area (Å²) in [7, 11) is 0. The highest BCUT2D eigenvalue weighted by Crippen LogP contribution is 2.30. The van der Waals surface area contributed by atoms with Gasteiger partial charge in [0.15, 0.2) is 6.61 Å². The number of rotatable bonds is 4. The summed E-state index contributed by atoms with van der Waals surface area (Å²) in [4.78, 5) is 18.8. The summed E-state index contributed by atoms with van der Waals surface area (Å²) in [6.07, 6.45) is 7.77. The number of amides is 1. The van der Waals surface area contributed by atoms with Gasteiger partial charge in [-0.3, -0.25) is 9.78 Å². The Hall–Kier alpha value is -1.78. The molecule has 2 heterocycles. The minimum atomic E-state index is -0.0187. The predicted molar refractivity (Wildman–Crippen MR) is 99.1 cm³/mol. The average molecular weight is 379 g/mol. The van der Waals surface area contributed by atoms with Gasteiger partial charge in [0.1, 0.15) is 5.75 Å². The van der Waals surface area contributed by atoms with Crippen LogP contribution in [0.4, 0.5) is 0 Å². The van der Waals surface area contributed by atoms with Crippen molar-refractivity contribution in [3.63, 3.8) is 0 Å². The Morgan fingerprint density at radius 1 is 1.12 bits per heavy atom. The van der Waals surface area contributed by atoms with Gasteiger partial charge < -0.3 is 9.64 Å². The summed E-state index contributed by atoms with van der Waals surface area (Å²) in [6.45, 7) is 0.732. The van der Waals surface area contributed by atoms with Crippen LogP contribution in [0.25, 0.3) is 0 Å². The van der Waals surface area contributed by atoms with Gasteiger partial charge in [-0.2, -0.15) is 0 Å². The summed E-state index contributed by atoms with van der Waals surface area (Å²) in [6, 6.07) is 9.04. The third-order valence-corrected chi connectivity index (χ3v) is 5.16. The third-order valence-electron chi connectivity index (χ3n) is 4.42. The van der Waals surface area contributed by atoms with Crippen molar-refractivity contribution in [1.82, 2.24) is 9.88 Å². The van der Waals surface area contributed by atoms with E-state index in [4.69, 9.17) is 27.9 Å². The van der Waals surface area contributed by atoms with Gasteiger partial charge in [-0.05, 0) is 42.7 Å². The van der Waals surface area contributed by atoms with Gasteiger partial charge in [0.2, 0.25) is 0 Å². The zero-order valence-corrected chi connectivity index (χ0v) is 15.3. The van der Waals surface area contributed by atoms with E-state index in [1.807, 2.05) is 17.0 Å². The number of hydrogen-bond acceptors (Lipinski definition) is 3. The second kappa shape index (κ2) is 8.54. The maximum absolute atomic E-state index is 12.8. The summed E-state index contributed by atoms with van der Waals surface area (Å²) < 4.78 is 5.64. The van der Waals surface area contributed by atoms with E-state index < -0.39 is 0 Å². The Morgan fingerprint density at radius 3 is 2.68 bits per heavy atom. The van der Waals surface area contributed by atoms with E-state index in [1.165, 1.54) is 0 Å². The van der Waals surface area contributed by atoms with Crippen LogP contribution in [0.2, 0.25) is 10.0 Å². The minimum Gasteiger partial charge on any atom is -0.484 e. The lowest BCUT2D eigenvalue weighted by Crippen LogP contribution is -2.38. The van der Waals surface area contributed by atoms with Gasteiger partial charge in [0.25, 0.3) is 5.91 Å². The quantitative estimate of drug-likeness (QED) is 0.758. The molecule has 25 heavy (non-hydrogen) atoms. The van der Waals surface area contributed by atoms with Crippen LogP contribution in [-0.2, 0) is 4.79 Å². The summed E-state index contributed by atoms with van der Waals surface area (Å²) in [5, 5.41) is 0.877. The van der Waals surface area contributed by atoms with Crippen LogP contribution in [0.15, 0.2) is 42.7 Å². The second-order valence-electron chi connectivity index (χ2n) is 6.10. The molecule has 6 heteroatoms. The number of pyridine rings is 1. The number of hydrogen-bond donors (Lipinski definition) is 0. The Labute approximate surface area is 157 Å². The Morgan fingerprint density at radius 2 is 1.92 bits per heavy atom. The standard InChI is InChI=1S/C19H20Cl2N2O2/c20-16-6-5-15(12-17(16)21)25-13-19(24)23-11-3-1-2-4-18(23)14-7-9-22-10-8-14/h5-10,12,18H,1-4,11,13H2. The molecule has 3 rings (SSSR count). The first-order valence-electron chi connectivity index (χ1n) is 8.42. The summed E-state index contributed by atoms with van der Waals surface area (Å²) in [5.41, 5.74) is 1.12. The summed E-state index contributed by atoms with van der Waals surface area (Å²) >= 11 is 11.9. The minimum absolute atomic E-state index is 0.0143. The second-order valence-corrected chi connectivity index (χ2v) is 6.91. The molecule has 1 unspecified atom stereocenters. The topological polar surface area (TPSA) is 42.4 Å². The highest BCUT2D eigenvalue weighted by Gasteiger charge is 2.27. The fourth-order valence-electron chi connectivity index (χ4n) is 3.13. The van der Waals surface area contributed by atoms with Crippen molar-refractivity contribution in [2.75, 3.05) is 13.2 Å². The first kappa shape index (κ1) is 18.0. The molecule has 0 N–H and O–H groups in total. The van der Waals surface area contributed by atoms with Crippen molar-refractivity contribution in [3.05, 3.63) is 58.3 Å². The molecule has 1 aliphatic heterocycles. The number of aromatic nitrogens is 1. The van der Waals surface area contributed by atoms with Crippen molar-refractivity contribution in [2.24, 2.45) is 0 Å². The number of ether oxygens (including phenoxy) is 1. The Bertz CT molecular complexity index is 725. The molecule has 1 aliphatic rings. The van der Waals surface area contributed by atoms with E-state index in [1.54, 1.807) is 30.6 Å². The van der Waals surface area contributed by atoms with Crippen LogP contribution in [0, 0.1) is 0 Å². The summed E-state index contributed by atoms with van der Waals surface area (Å²) in [5.74, 6) is 0.521. The van der Waals surface area contributed by atoms with Gasteiger partial charge in [-0.1, -0.05) is 36.0 Å². The lowest BCUT2D eigenvalue weighted by Gasteiger charge is -2.30. The molecule has 1 atom stereocenters. The third kappa shape index (κ3) is 4.65. The molecular weight excluding hydrogens is 359 g/mol. The molecule has 1 amide bonds. The number of carbonyl (C=O) groups excluding carboxylic acids is 1. The van der Waals surface area contributed by atoms with E-state index in [9.17, 15) is 4.79 Å². The number of halogens is 2. The molecule has 0 aliphatic carbocycles. The molecule has 1 saturated heterocycles. The van der Waals surface area contributed by atoms with Crippen LogP contribution in [0.1, 0.15) is 37.3 Å². The number of likely N-dealkylation sites (tertiary alicyclic amines) is 1. The number of carbonyl (C=O) groups is 1. The smallest absolute Gasteiger partial charge is 0.261 e. The molecular formula is C19H20Cl2N2O2. The van der Waals surface area contributed by atoms with Gasteiger partial charge in [0.05, 0.1) is 16.1 Å². The lowest BCUT2D eigenvalue weighted by atomic mass is 10.0. The highest BCUT2D eigenvalue weighted by atomic mass is 35.5. The Balaban J connectivity index is 1.70. The van der Waals surface area contributed by atoms with Crippen LogP contribution in [0.3, 0.4) is 0 Å². The van der Waals surface area contributed by atoms with Gasteiger partial charge >= 0.3 is 0 Å². The molecule has 0 spiro atoms. The van der Waals surface area contributed by atoms with Gasteiger partial charge in [-0.15, -0.1) is 0 Å². The van der Waals surface area contributed by atoms with Gasteiger partial charge in [0, 0.05) is 25.0 Å². The molecule has 132 valence electrons. The normalized spacial score (nSPS) is 17.8. The molecule has 0 radical (unpaired) electrons. The maximum atomic E-state index is 12.8. The van der Waals surface area contributed by atoms with Gasteiger partial charge in [-0.25, -0.2) is 0 Å². The van der Waals surface area contributed by atoms with E-state index in [2.05, 4.69) is 4.98 Å². The fraction of sp³-hybridized carbons (Fsp3) is 0.368. The fourth-order valence-corrected chi connectivity index (χ4v) is 3.42. The van der Waals surface area contributed by atoms with Crippen LogP contribution >= 0.6 is 23.2 Å². The zero-order valence-electron chi connectivity index (χ0n) is 13.8. The monoisotopic (exact) mass is 378 g/mol. The average Bonchev–Trinajstić information content (AvgIpc) is 2.89. The van der Waals surface area contributed by atoms with Crippen molar-refractivity contribution >= 4 is 29.1 Å². The zero-order chi connectivity index (χ0) is 17.6. The number of nitrogens with zero attached hydrogens (tertiary/aromatic N) is 2. The molecule has 1 fully saturated rings. The number of benzene rings is 1. The van der Waals surface area contributed by atoms with Crippen LogP contribution in [-0.4, -0.2) is 28.9 Å². The maximum Gasteiger partial charge on any atom is 0.261 e. The first-order valence-corrected chi connectivity index (χ1v) is 9.18. The SMILES string of the molecule is O=C(COc1ccc(Cl)c(Cl)c1)N1CCCCCC1c1ccncc1. The molecule has 4 nitrogen and oxygen atoms in total. The van der Waals surface area contributed by atoms with Crippen molar-refractivity contribution in [1.29, 1.82) is 0 Å². The van der Waals surface area contributed by atoms with E-state index in [0.717, 1.165) is 37.8 Å². The molecule has 0 saturated carbocycles. The first-order chi connectivity index (χ1) is 12.1. The van der Waals surface area contributed by atoms with E-state index in [-0.39, 0.29) is 18.6 Å². The Kier molecular flexibility index (Phi) is 6.16. The lowest BCUT2D eigenvalue weighted by molar-refractivity contribution is -0.135. The van der Waals surface area contributed by atoms with E-state index in [0.29, 0.717) is 15.8 Å².